The third kappa shape index (κ3) is 8.07. The number of nitrogens with zero attached hydrogens (tertiary/aromatic N) is 4. The molecule has 14 nitrogen and oxygen atoms in total. The maximum atomic E-state index is 14.9. The highest BCUT2D eigenvalue weighted by atomic mass is 32.2. The van der Waals surface area contributed by atoms with Crippen LogP contribution in [0.4, 0.5) is 20.2 Å². The van der Waals surface area contributed by atoms with E-state index in [9.17, 15) is 35.2 Å². The number of nitrogens with one attached hydrogen (secondary N) is 2. The summed E-state index contributed by atoms with van der Waals surface area (Å²) in [6.07, 6.45) is 2.94. The summed E-state index contributed by atoms with van der Waals surface area (Å²) in [7, 11) is -7.97. The van der Waals surface area contributed by atoms with Crippen molar-refractivity contribution in [1.82, 2.24) is 10.6 Å². The van der Waals surface area contributed by atoms with Crippen LogP contribution in [0.1, 0.15) is 0 Å². The van der Waals surface area contributed by atoms with E-state index < -0.39 is 64.4 Å². The zero-order chi connectivity index (χ0) is 32.1. The maximum Gasteiger partial charge on any atom is 0.356 e. The predicted octanol–water partition coefficient (Wildman–Crippen LogP) is 0.561. The average molecular weight is 655 g/mol. The Balaban J connectivity index is 1.58. The summed E-state index contributed by atoms with van der Waals surface area (Å²) in [6.45, 7) is 0.998. The van der Waals surface area contributed by atoms with Crippen molar-refractivity contribution in [3.8, 4) is 0 Å². The highest BCUT2D eigenvalue weighted by Gasteiger charge is 2.28. The summed E-state index contributed by atoms with van der Waals surface area (Å²) in [6, 6.07) is 6.59. The van der Waals surface area contributed by atoms with E-state index in [4.69, 9.17) is 9.68 Å². The molecule has 236 valence electrons. The quantitative estimate of drug-likeness (QED) is 0.241. The van der Waals surface area contributed by atoms with Crippen molar-refractivity contribution >= 4 is 54.7 Å². The topological polar surface area (TPSA) is 176 Å². The van der Waals surface area contributed by atoms with Crippen LogP contribution in [0, 0.1) is 11.6 Å². The minimum Gasteiger partial charge on any atom is -0.370 e. The number of hydrogen-bond donors (Lipinski definition) is 2. The van der Waals surface area contributed by atoms with Gasteiger partial charge >= 0.3 is 11.9 Å². The first-order chi connectivity index (χ1) is 20.7. The van der Waals surface area contributed by atoms with Crippen molar-refractivity contribution < 1.29 is 44.9 Å². The summed E-state index contributed by atoms with van der Waals surface area (Å²) >= 11 is 0. The fourth-order valence-electron chi connectivity index (χ4n) is 4.18. The number of carbonyl (C=O) groups is 2. The van der Waals surface area contributed by atoms with Gasteiger partial charge in [0.15, 0.2) is 31.3 Å². The van der Waals surface area contributed by atoms with Gasteiger partial charge in [0, 0.05) is 37.8 Å². The van der Waals surface area contributed by atoms with Crippen molar-refractivity contribution in [3.05, 3.63) is 60.2 Å². The van der Waals surface area contributed by atoms with Gasteiger partial charge in [0.2, 0.25) is 0 Å². The average Bonchev–Trinajstić information content (AvgIpc) is 3.65. The van der Waals surface area contributed by atoms with Crippen molar-refractivity contribution in [2.24, 2.45) is 9.98 Å². The molecule has 4 rings (SSSR count). The van der Waals surface area contributed by atoms with Crippen molar-refractivity contribution in [2.75, 3.05) is 61.9 Å². The molecule has 0 unspecified atom stereocenters. The van der Waals surface area contributed by atoms with Gasteiger partial charge in [-0.1, -0.05) is 12.1 Å². The lowest BCUT2D eigenvalue weighted by Crippen LogP contribution is -2.38. The Hall–Kier alpha value is -4.58. The zero-order valence-corrected chi connectivity index (χ0v) is 25.1. The summed E-state index contributed by atoms with van der Waals surface area (Å²) in [5, 5.41) is 7.19. The van der Waals surface area contributed by atoms with Crippen LogP contribution in [0.3, 0.4) is 0 Å². The summed E-state index contributed by atoms with van der Waals surface area (Å²) < 4.78 is 79.4. The number of anilines is 2. The second kappa shape index (κ2) is 13.4. The van der Waals surface area contributed by atoms with Gasteiger partial charge in [0.25, 0.3) is 0 Å². The number of benzene rings is 2. The van der Waals surface area contributed by atoms with Gasteiger partial charge < -0.3 is 20.3 Å². The first-order valence-electron chi connectivity index (χ1n) is 12.9. The number of rotatable bonds is 12. The first-order valence-corrected chi connectivity index (χ1v) is 16.7. The monoisotopic (exact) mass is 654 g/mol. The smallest absolute Gasteiger partial charge is 0.356 e. The molecule has 18 heteroatoms. The second-order valence-electron chi connectivity index (χ2n) is 9.46. The van der Waals surface area contributed by atoms with Gasteiger partial charge in [-0.05, 0) is 24.3 Å². The molecule has 2 aromatic rings. The fourth-order valence-corrected chi connectivity index (χ4v) is 5.93. The lowest BCUT2D eigenvalue weighted by molar-refractivity contribution is -0.141. The molecule has 2 N–H and O–H groups in total. The Labute approximate surface area is 251 Å². The summed E-state index contributed by atoms with van der Waals surface area (Å²) in [5.41, 5.74) is -1.11. The van der Waals surface area contributed by atoms with Crippen molar-refractivity contribution in [3.63, 3.8) is 0 Å². The number of hydrogen-bond acceptors (Lipinski definition) is 14. The molecule has 2 heterocycles. The molecule has 0 saturated carbocycles. The minimum absolute atomic E-state index is 0.287. The molecule has 0 radical (unpaired) electrons. The van der Waals surface area contributed by atoms with Crippen LogP contribution in [0.5, 0.6) is 0 Å². The molecule has 2 aliphatic rings. The maximum absolute atomic E-state index is 14.9. The molecule has 0 amide bonds. The van der Waals surface area contributed by atoms with Gasteiger partial charge in [-0.2, -0.15) is 10.1 Å². The molecule has 0 atom stereocenters. The number of aliphatic imine (C=N–C) groups is 2. The molecule has 2 aromatic carbocycles. The highest BCUT2D eigenvalue weighted by Crippen LogP contribution is 2.30. The molecule has 0 aliphatic carbocycles. The van der Waals surface area contributed by atoms with Gasteiger partial charge in [-0.15, -0.1) is 0 Å². The Morgan fingerprint density at radius 3 is 1.48 bits per heavy atom. The molecule has 44 heavy (non-hydrogen) atoms. The van der Waals surface area contributed by atoms with Crippen molar-refractivity contribution in [1.29, 1.82) is 0 Å². The molecular weight excluding hydrogens is 626 g/mol. The Morgan fingerprint density at radius 2 is 1.16 bits per heavy atom. The summed E-state index contributed by atoms with van der Waals surface area (Å²) in [4.78, 5) is 43.4. The highest BCUT2D eigenvalue weighted by molar-refractivity contribution is 7.91. The minimum atomic E-state index is -3.98. The van der Waals surface area contributed by atoms with Gasteiger partial charge in [0.1, 0.15) is 36.1 Å². The van der Waals surface area contributed by atoms with E-state index in [1.54, 1.807) is 0 Å². The fraction of sp³-hybridized carbons (Fsp3) is 0.308. The van der Waals surface area contributed by atoms with Crippen LogP contribution in [-0.2, 0) is 38.9 Å². The predicted molar refractivity (Wildman–Crippen MR) is 156 cm³/mol. The normalized spacial score (nSPS) is 14.8. The molecule has 0 aromatic heterocycles. The van der Waals surface area contributed by atoms with Crippen molar-refractivity contribution in [2.45, 2.75) is 9.79 Å². The van der Waals surface area contributed by atoms with Crippen LogP contribution in [0.25, 0.3) is 0 Å². The lowest BCUT2D eigenvalue weighted by atomic mass is 10.3. The van der Waals surface area contributed by atoms with Crippen LogP contribution < -0.4 is 20.8 Å². The molecule has 2 aliphatic heterocycles. The molecule has 0 saturated heterocycles. The number of carbonyl (C=O) groups excluding carboxylic acids is 2. The van der Waals surface area contributed by atoms with E-state index in [-0.39, 0.29) is 24.8 Å². The molecule has 0 spiro atoms. The summed E-state index contributed by atoms with van der Waals surface area (Å²) in [5.74, 6) is -3.91. The van der Waals surface area contributed by atoms with Gasteiger partial charge in [-0.25, -0.2) is 35.2 Å². The third-order valence-electron chi connectivity index (χ3n) is 6.03. The van der Waals surface area contributed by atoms with E-state index in [0.717, 1.165) is 36.8 Å². The standard InChI is InChI=1S/C26H28F2N6O8S2/c1-43(37,38)19-7-3-5-17(27)25(19)33(15-21-29-11-12-30-21)41-23(35)9-10-24(36)42-34(16-22-31-13-14-32-22)26-18(28)6-4-8-20(26)44(2,39)40/h3-10H,11-16H2,1-2H3,(H,29,30)(H,31,32)/b10-9+. The largest absolute Gasteiger partial charge is 0.370 e. The van der Waals surface area contributed by atoms with E-state index in [1.165, 1.54) is 12.1 Å². The third-order valence-corrected chi connectivity index (χ3v) is 8.28. The van der Waals surface area contributed by atoms with E-state index in [2.05, 4.69) is 20.6 Å². The van der Waals surface area contributed by atoms with E-state index in [1.807, 2.05) is 0 Å². The number of hydroxylamine groups is 2. The van der Waals surface area contributed by atoms with Crippen LogP contribution in [0.2, 0.25) is 0 Å². The molecule has 0 bridgehead atoms. The van der Waals surface area contributed by atoms with E-state index in [0.29, 0.717) is 48.5 Å². The van der Waals surface area contributed by atoms with Crippen LogP contribution >= 0.6 is 0 Å². The Kier molecular flexibility index (Phi) is 9.83. The van der Waals surface area contributed by atoms with E-state index >= 15 is 0 Å². The molecule has 0 fully saturated rings. The zero-order valence-electron chi connectivity index (χ0n) is 23.5. The number of amidine groups is 2. The lowest BCUT2D eigenvalue weighted by Gasteiger charge is -2.25. The number of halogens is 2. The second-order valence-corrected chi connectivity index (χ2v) is 13.4. The Morgan fingerprint density at radius 1 is 0.773 bits per heavy atom. The Bertz CT molecular complexity index is 1640. The van der Waals surface area contributed by atoms with Crippen LogP contribution in [-0.4, -0.2) is 92.2 Å². The number of sulfone groups is 2. The van der Waals surface area contributed by atoms with Crippen LogP contribution in [0.15, 0.2) is 68.3 Å². The van der Waals surface area contributed by atoms with Gasteiger partial charge in [-0.3, -0.25) is 9.98 Å². The molecular formula is C26H28F2N6O8S2. The first kappa shape index (κ1) is 32.3. The van der Waals surface area contributed by atoms with Gasteiger partial charge in [0.05, 0.1) is 22.9 Å². The number of para-hydroxylation sites is 2. The SMILES string of the molecule is CS(=O)(=O)c1cccc(F)c1N(CC1=NCCN1)OC(=O)/C=C/C(=O)ON(CC1=NCCN1)c1c(F)cccc1S(C)(=O)=O.